The second kappa shape index (κ2) is 5.28. The van der Waals surface area contributed by atoms with Crippen LogP contribution in [-0.2, 0) is 14.6 Å². The van der Waals surface area contributed by atoms with Crippen molar-refractivity contribution in [3.63, 3.8) is 0 Å². The molecule has 1 saturated heterocycles. The smallest absolute Gasteiger partial charge is 0.180 e. The van der Waals surface area contributed by atoms with Crippen LogP contribution < -0.4 is 5.73 Å². The standard InChI is InChI=1S/C13H19NO3S/c1-10-4-5-12(14)13(9-10)18(15,16)8-6-11-3-2-7-17-11/h4-5,9,11H,2-3,6-8,14H2,1H3. The van der Waals surface area contributed by atoms with E-state index in [1.807, 2.05) is 13.0 Å². The van der Waals surface area contributed by atoms with Gasteiger partial charge in [0.25, 0.3) is 0 Å². The van der Waals surface area contributed by atoms with E-state index >= 15 is 0 Å². The van der Waals surface area contributed by atoms with E-state index in [4.69, 9.17) is 10.5 Å². The highest BCUT2D eigenvalue weighted by Gasteiger charge is 2.22. The number of hydrogen-bond donors (Lipinski definition) is 1. The maximum Gasteiger partial charge on any atom is 0.180 e. The molecule has 1 aliphatic rings. The van der Waals surface area contributed by atoms with Gasteiger partial charge in [-0.1, -0.05) is 6.07 Å². The summed E-state index contributed by atoms with van der Waals surface area (Å²) in [4.78, 5) is 0.250. The largest absolute Gasteiger partial charge is 0.398 e. The van der Waals surface area contributed by atoms with Gasteiger partial charge in [-0.25, -0.2) is 8.42 Å². The van der Waals surface area contributed by atoms with Gasteiger partial charge in [0.2, 0.25) is 0 Å². The molecule has 4 nitrogen and oxygen atoms in total. The van der Waals surface area contributed by atoms with Gasteiger partial charge in [-0.2, -0.15) is 0 Å². The lowest BCUT2D eigenvalue weighted by molar-refractivity contribution is 0.109. The Morgan fingerprint density at radius 2 is 2.22 bits per heavy atom. The molecular weight excluding hydrogens is 250 g/mol. The zero-order valence-electron chi connectivity index (χ0n) is 10.6. The molecule has 0 amide bonds. The van der Waals surface area contributed by atoms with Crippen LogP contribution >= 0.6 is 0 Å². The number of anilines is 1. The number of aryl methyl sites for hydroxylation is 1. The Morgan fingerprint density at radius 3 is 2.89 bits per heavy atom. The van der Waals surface area contributed by atoms with Gasteiger partial charge < -0.3 is 10.5 Å². The second-order valence-electron chi connectivity index (χ2n) is 4.78. The summed E-state index contributed by atoms with van der Waals surface area (Å²) in [5.41, 5.74) is 6.98. The molecule has 18 heavy (non-hydrogen) atoms. The lowest BCUT2D eigenvalue weighted by Gasteiger charge is -2.11. The molecule has 2 rings (SSSR count). The first-order valence-corrected chi connectivity index (χ1v) is 7.85. The maximum atomic E-state index is 12.2. The summed E-state index contributed by atoms with van der Waals surface area (Å²) >= 11 is 0. The topological polar surface area (TPSA) is 69.4 Å². The van der Waals surface area contributed by atoms with Crippen LogP contribution in [0.3, 0.4) is 0 Å². The van der Waals surface area contributed by atoms with E-state index in [-0.39, 0.29) is 16.8 Å². The third kappa shape index (κ3) is 3.03. The van der Waals surface area contributed by atoms with Crippen LogP contribution in [0.25, 0.3) is 0 Å². The van der Waals surface area contributed by atoms with E-state index in [0.717, 1.165) is 25.0 Å². The van der Waals surface area contributed by atoms with Gasteiger partial charge in [0.1, 0.15) is 0 Å². The minimum Gasteiger partial charge on any atom is -0.398 e. The first-order chi connectivity index (χ1) is 8.49. The van der Waals surface area contributed by atoms with E-state index in [2.05, 4.69) is 0 Å². The van der Waals surface area contributed by atoms with Crippen LogP contribution in [0, 0.1) is 6.92 Å². The number of nitrogen functional groups attached to an aromatic ring is 1. The molecule has 0 aromatic heterocycles. The van der Waals surface area contributed by atoms with Crippen molar-refractivity contribution in [2.45, 2.75) is 37.2 Å². The van der Waals surface area contributed by atoms with Gasteiger partial charge in [0, 0.05) is 6.61 Å². The molecule has 5 heteroatoms. The predicted octanol–water partition coefficient (Wildman–Crippen LogP) is 1.92. The Hall–Kier alpha value is -1.07. The van der Waals surface area contributed by atoms with Gasteiger partial charge in [0.05, 0.1) is 22.4 Å². The molecule has 1 heterocycles. The van der Waals surface area contributed by atoms with Crippen molar-refractivity contribution < 1.29 is 13.2 Å². The molecule has 2 N–H and O–H groups in total. The normalized spacial score (nSPS) is 20.2. The van der Waals surface area contributed by atoms with Gasteiger partial charge in [0.15, 0.2) is 9.84 Å². The second-order valence-corrected chi connectivity index (χ2v) is 6.86. The summed E-state index contributed by atoms with van der Waals surface area (Å²) in [7, 11) is -3.31. The molecule has 1 aliphatic heterocycles. The summed E-state index contributed by atoms with van der Waals surface area (Å²) < 4.78 is 29.9. The van der Waals surface area contributed by atoms with E-state index in [1.165, 1.54) is 0 Å². The zero-order valence-corrected chi connectivity index (χ0v) is 11.4. The van der Waals surface area contributed by atoms with Crippen LogP contribution in [0.1, 0.15) is 24.8 Å². The van der Waals surface area contributed by atoms with Crippen molar-refractivity contribution in [3.05, 3.63) is 23.8 Å². The van der Waals surface area contributed by atoms with Crippen LogP contribution in [0.5, 0.6) is 0 Å². The van der Waals surface area contributed by atoms with Crippen molar-refractivity contribution in [2.24, 2.45) is 0 Å². The average Bonchev–Trinajstić information content (AvgIpc) is 2.83. The monoisotopic (exact) mass is 269 g/mol. The summed E-state index contributed by atoms with van der Waals surface area (Å²) in [6.07, 6.45) is 2.62. The summed E-state index contributed by atoms with van der Waals surface area (Å²) in [5.74, 6) is 0.103. The zero-order chi connectivity index (χ0) is 13.2. The number of rotatable bonds is 4. The Balaban J connectivity index is 2.12. The third-order valence-electron chi connectivity index (χ3n) is 3.24. The molecule has 0 spiro atoms. The van der Waals surface area contributed by atoms with Crippen molar-refractivity contribution in [3.8, 4) is 0 Å². The molecule has 0 radical (unpaired) electrons. The highest BCUT2D eigenvalue weighted by Crippen LogP contribution is 2.23. The molecule has 100 valence electrons. The molecule has 1 aromatic rings. The lowest BCUT2D eigenvalue weighted by atomic mass is 10.2. The molecular formula is C13H19NO3S. The first kappa shape index (κ1) is 13.4. The van der Waals surface area contributed by atoms with Gasteiger partial charge in [-0.05, 0) is 43.9 Å². The van der Waals surface area contributed by atoms with E-state index in [1.54, 1.807) is 12.1 Å². The third-order valence-corrected chi connectivity index (χ3v) is 5.03. The minimum absolute atomic E-state index is 0.0887. The number of ether oxygens (including phenoxy) is 1. The fraction of sp³-hybridized carbons (Fsp3) is 0.538. The van der Waals surface area contributed by atoms with Crippen LogP contribution in [0.2, 0.25) is 0 Å². The molecule has 1 aromatic carbocycles. The summed E-state index contributed by atoms with van der Waals surface area (Å²) in [5, 5.41) is 0. The molecule has 0 saturated carbocycles. The number of hydrogen-bond acceptors (Lipinski definition) is 4. The highest BCUT2D eigenvalue weighted by molar-refractivity contribution is 7.91. The van der Waals surface area contributed by atoms with Gasteiger partial charge in [-0.15, -0.1) is 0 Å². The van der Waals surface area contributed by atoms with Gasteiger partial charge in [-0.3, -0.25) is 0 Å². The maximum absolute atomic E-state index is 12.2. The Kier molecular flexibility index (Phi) is 3.92. The Morgan fingerprint density at radius 1 is 1.44 bits per heavy atom. The quantitative estimate of drug-likeness (QED) is 0.848. The first-order valence-electron chi connectivity index (χ1n) is 6.19. The molecule has 1 fully saturated rings. The predicted molar refractivity (Wildman–Crippen MR) is 71.2 cm³/mol. The number of benzene rings is 1. The SMILES string of the molecule is Cc1ccc(N)c(S(=O)(=O)CCC2CCCO2)c1. The van der Waals surface area contributed by atoms with Crippen LogP contribution in [0.15, 0.2) is 23.1 Å². The van der Waals surface area contributed by atoms with E-state index < -0.39 is 9.84 Å². The van der Waals surface area contributed by atoms with Crippen LogP contribution in [-0.4, -0.2) is 26.9 Å². The van der Waals surface area contributed by atoms with E-state index in [9.17, 15) is 8.42 Å². The summed E-state index contributed by atoms with van der Waals surface area (Å²) in [6, 6.07) is 5.10. The fourth-order valence-corrected chi connectivity index (χ4v) is 3.77. The average molecular weight is 269 g/mol. The highest BCUT2D eigenvalue weighted by atomic mass is 32.2. The molecule has 1 atom stereocenters. The number of nitrogens with two attached hydrogens (primary N) is 1. The lowest BCUT2D eigenvalue weighted by Crippen LogP contribution is -2.15. The van der Waals surface area contributed by atoms with Crippen molar-refractivity contribution in [2.75, 3.05) is 18.1 Å². The molecule has 0 aliphatic carbocycles. The van der Waals surface area contributed by atoms with Crippen molar-refractivity contribution in [1.82, 2.24) is 0 Å². The summed E-state index contributed by atoms with van der Waals surface area (Å²) in [6.45, 7) is 2.61. The van der Waals surface area contributed by atoms with Gasteiger partial charge >= 0.3 is 0 Å². The number of sulfone groups is 1. The molecule has 0 bridgehead atoms. The molecule has 1 unspecified atom stereocenters. The van der Waals surface area contributed by atoms with Crippen molar-refractivity contribution in [1.29, 1.82) is 0 Å². The minimum atomic E-state index is -3.31. The fourth-order valence-electron chi connectivity index (χ4n) is 2.18. The Bertz CT molecular complexity index is 519. The van der Waals surface area contributed by atoms with E-state index in [0.29, 0.717) is 12.1 Å². The van der Waals surface area contributed by atoms with Crippen molar-refractivity contribution >= 4 is 15.5 Å². The Labute approximate surface area is 108 Å². The van der Waals surface area contributed by atoms with Crippen LogP contribution in [0.4, 0.5) is 5.69 Å².